The van der Waals surface area contributed by atoms with Crippen molar-refractivity contribution < 1.29 is 31.5 Å². The SMILES string of the molecule is CC(OCC1CCCO1)C(=O)NS(=O)(=O)c1ccc(F)cc1F. The minimum absolute atomic E-state index is 0.114. The van der Waals surface area contributed by atoms with E-state index in [2.05, 4.69) is 0 Å². The lowest BCUT2D eigenvalue weighted by atomic mass is 10.2. The monoisotopic (exact) mass is 349 g/mol. The molecule has 1 saturated heterocycles. The highest BCUT2D eigenvalue weighted by Gasteiger charge is 2.26. The van der Waals surface area contributed by atoms with Crippen molar-refractivity contribution in [3.8, 4) is 0 Å². The molecule has 1 aromatic carbocycles. The highest BCUT2D eigenvalue weighted by molar-refractivity contribution is 7.90. The number of hydrogen-bond acceptors (Lipinski definition) is 5. The number of sulfonamides is 1. The molecule has 1 fully saturated rings. The summed E-state index contributed by atoms with van der Waals surface area (Å²) >= 11 is 0. The molecular weight excluding hydrogens is 332 g/mol. The lowest BCUT2D eigenvalue weighted by molar-refractivity contribution is -0.131. The van der Waals surface area contributed by atoms with Gasteiger partial charge in [-0.3, -0.25) is 4.79 Å². The van der Waals surface area contributed by atoms with Crippen molar-refractivity contribution in [3.05, 3.63) is 29.8 Å². The fourth-order valence-electron chi connectivity index (χ4n) is 2.07. The molecular formula is C14H17F2NO5S. The molecule has 0 saturated carbocycles. The van der Waals surface area contributed by atoms with Crippen molar-refractivity contribution >= 4 is 15.9 Å². The second kappa shape index (κ2) is 7.33. The first-order chi connectivity index (χ1) is 10.8. The Morgan fingerprint density at radius 3 is 2.83 bits per heavy atom. The van der Waals surface area contributed by atoms with Crippen LogP contribution in [0.3, 0.4) is 0 Å². The van der Waals surface area contributed by atoms with Crippen molar-refractivity contribution in [1.82, 2.24) is 4.72 Å². The number of carbonyl (C=O) groups is 1. The number of halogens is 2. The van der Waals surface area contributed by atoms with Crippen LogP contribution in [0.2, 0.25) is 0 Å². The van der Waals surface area contributed by atoms with E-state index in [4.69, 9.17) is 9.47 Å². The standard InChI is InChI=1S/C14H17F2NO5S/c1-9(22-8-11-3-2-6-21-11)14(18)17-23(19,20)13-5-4-10(15)7-12(13)16/h4-5,7,9,11H,2-3,6,8H2,1H3,(H,17,18). The largest absolute Gasteiger partial charge is 0.376 e. The fraction of sp³-hybridized carbons (Fsp3) is 0.500. The van der Waals surface area contributed by atoms with Crippen molar-refractivity contribution in [1.29, 1.82) is 0 Å². The Morgan fingerprint density at radius 2 is 2.22 bits per heavy atom. The van der Waals surface area contributed by atoms with E-state index in [1.54, 1.807) is 4.72 Å². The minimum atomic E-state index is -4.44. The molecule has 1 aliphatic rings. The molecule has 2 rings (SSSR count). The van der Waals surface area contributed by atoms with Gasteiger partial charge >= 0.3 is 0 Å². The number of carbonyl (C=O) groups excluding carboxylic acids is 1. The van der Waals surface area contributed by atoms with Gasteiger partial charge in [0.05, 0.1) is 12.7 Å². The molecule has 2 unspecified atom stereocenters. The van der Waals surface area contributed by atoms with Crippen LogP contribution in [0.1, 0.15) is 19.8 Å². The van der Waals surface area contributed by atoms with Gasteiger partial charge < -0.3 is 9.47 Å². The number of hydrogen-bond donors (Lipinski definition) is 1. The Hall–Kier alpha value is -1.58. The van der Waals surface area contributed by atoms with Gasteiger partial charge in [0.2, 0.25) is 0 Å². The molecule has 0 bridgehead atoms. The van der Waals surface area contributed by atoms with Gasteiger partial charge in [0.15, 0.2) is 0 Å². The smallest absolute Gasteiger partial charge is 0.267 e. The van der Waals surface area contributed by atoms with E-state index < -0.39 is 38.6 Å². The highest BCUT2D eigenvalue weighted by Crippen LogP contribution is 2.16. The summed E-state index contributed by atoms with van der Waals surface area (Å²) in [5.41, 5.74) is 0. The summed E-state index contributed by atoms with van der Waals surface area (Å²) < 4.78 is 62.6. The van der Waals surface area contributed by atoms with E-state index >= 15 is 0 Å². The average Bonchev–Trinajstić information content (AvgIpc) is 2.96. The summed E-state index contributed by atoms with van der Waals surface area (Å²) in [5.74, 6) is -3.13. The van der Waals surface area contributed by atoms with E-state index in [1.165, 1.54) is 6.92 Å². The minimum Gasteiger partial charge on any atom is -0.376 e. The summed E-state index contributed by atoms with van der Waals surface area (Å²) in [6.07, 6.45) is 0.550. The van der Waals surface area contributed by atoms with Crippen molar-refractivity contribution in [2.75, 3.05) is 13.2 Å². The van der Waals surface area contributed by atoms with E-state index in [1.807, 2.05) is 0 Å². The van der Waals surface area contributed by atoms with Crippen LogP contribution < -0.4 is 4.72 Å². The number of benzene rings is 1. The molecule has 0 radical (unpaired) electrons. The Morgan fingerprint density at radius 1 is 1.48 bits per heavy atom. The maximum atomic E-state index is 13.5. The highest BCUT2D eigenvalue weighted by atomic mass is 32.2. The summed E-state index contributed by atoms with van der Waals surface area (Å²) in [4.78, 5) is 11.1. The van der Waals surface area contributed by atoms with Crippen molar-refractivity contribution in [2.45, 2.75) is 36.9 Å². The van der Waals surface area contributed by atoms with E-state index in [0.29, 0.717) is 12.7 Å². The molecule has 23 heavy (non-hydrogen) atoms. The Balaban J connectivity index is 1.97. The number of rotatable bonds is 6. The first-order valence-electron chi connectivity index (χ1n) is 7.04. The third-order valence-corrected chi connectivity index (χ3v) is 4.72. The van der Waals surface area contributed by atoms with Gasteiger partial charge in [0.25, 0.3) is 15.9 Å². The molecule has 0 spiro atoms. The first kappa shape index (κ1) is 17.8. The third kappa shape index (κ3) is 4.69. The van der Waals surface area contributed by atoms with Gasteiger partial charge in [-0.15, -0.1) is 0 Å². The molecule has 1 amide bonds. The molecule has 6 nitrogen and oxygen atoms in total. The summed E-state index contributed by atoms with van der Waals surface area (Å²) in [6.45, 7) is 2.17. The fourth-order valence-corrected chi connectivity index (χ4v) is 3.17. The normalized spacial score (nSPS) is 19.5. The Bertz CT molecular complexity index is 674. The van der Waals surface area contributed by atoms with Crippen molar-refractivity contribution in [3.63, 3.8) is 0 Å². The first-order valence-corrected chi connectivity index (χ1v) is 8.53. The number of amides is 1. The molecule has 1 aromatic rings. The van der Waals surface area contributed by atoms with Gasteiger partial charge in [-0.1, -0.05) is 0 Å². The zero-order valence-corrected chi connectivity index (χ0v) is 13.2. The average molecular weight is 349 g/mol. The van der Waals surface area contributed by atoms with Crippen LogP contribution in [0.15, 0.2) is 23.1 Å². The van der Waals surface area contributed by atoms with E-state index in [0.717, 1.165) is 25.0 Å². The second-order valence-electron chi connectivity index (χ2n) is 5.16. The van der Waals surface area contributed by atoms with Crippen LogP contribution in [0, 0.1) is 11.6 Å². The molecule has 1 N–H and O–H groups in total. The lowest BCUT2D eigenvalue weighted by Gasteiger charge is -2.16. The van der Waals surface area contributed by atoms with Gasteiger partial charge in [0, 0.05) is 12.7 Å². The van der Waals surface area contributed by atoms with Gasteiger partial charge in [0.1, 0.15) is 22.6 Å². The molecule has 128 valence electrons. The molecule has 1 heterocycles. The summed E-state index contributed by atoms with van der Waals surface area (Å²) in [7, 11) is -4.44. The lowest BCUT2D eigenvalue weighted by Crippen LogP contribution is -2.39. The van der Waals surface area contributed by atoms with Crippen LogP contribution in [0.5, 0.6) is 0 Å². The molecule has 1 aliphatic heterocycles. The molecule has 9 heteroatoms. The van der Waals surface area contributed by atoms with Crippen LogP contribution in [-0.4, -0.2) is 39.7 Å². The third-order valence-electron chi connectivity index (χ3n) is 3.34. The zero-order chi connectivity index (χ0) is 17.0. The number of ether oxygens (including phenoxy) is 2. The second-order valence-corrected chi connectivity index (χ2v) is 6.81. The molecule has 2 atom stereocenters. The van der Waals surface area contributed by atoms with Crippen LogP contribution >= 0.6 is 0 Å². The van der Waals surface area contributed by atoms with Crippen molar-refractivity contribution in [2.24, 2.45) is 0 Å². The summed E-state index contributed by atoms with van der Waals surface area (Å²) in [6, 6.07) is 1.97. The summed E-state index contributed by atoms with van der Waals surface area (Å²) in [5, 5.41) is 0. The van der Waals surface area contributed by atoms with Gasteiger partial charge in [-0.25, -0.2) is 21.9 Å². The van der Waals surface area contributed by atoms with Crippen LogP contribution in [0.4, 0.5) is 8.78 Å². The maximum Gasteiger partial charge on any atom is 0.267 e. The topological polar surface area (TPSA) is 81.7 Å². The molecule has 0 aromatic heterocycles. The van der Waals surface area contributed by atoms with Gasteiger partial charge in [-0.05, 0) is 31.9 Å². The predicted molar refractivity (Wildman–Crippen MR) is 76.1 cm³/mol. The zero-order valence-electron chi connectivity index (χ0n) is 12.4. The predicted octanol–water partition coefficient (Wildman–Crippen LogP) is 1.35. The maximum absolute atomic E-state index is 13.5. The van der Waals surface area contributed by atoms with E-state index in [9.17, 15) is 22.0 Å². The van der Waals surface area contributed by atoms with E-state index in [-0.39, 0.29) is 12.7 Å². The molecule has 0 aliphatic carbocycles. The Kier molecular flexibility index (Phi) is 5.66. The number of nitrogens with one attached hydrogen (secondary N) is 1. The quantitative estimate of drug-likeness (QED) is 0.838. The van der Waals surface area contributed by atoms with Crippen LogP contribution in [0.25, 0.3) is 0 Å². The van der Waals surface area contributed by atoms with Gasteiger partial charge in [-0.2, -0.15) is 0 Å². The van der Waals surface area contributed by atoms with Crippen LogP contribution in [-0.2, 0) is 24.3 Å². The Labute approximate surface area is 132 Å².